The molecule has 1 rings (SSSR count). The number of nitrogens with one attached hydrogen (secondary N) is 1. The van der Waals surface area contributed by atoms with E-state index >= 15 is 0 Å². The first kappa shape index (κ1) is 11.7. The molecule has 13 heavy (non-hydrogen) atoms. The normalized spacial score (nSPS) is 21.7. The summed E-state index contributed by atoms with van der Waals surface area (Å²) in [6, 6.07) is 1.51. The van der Waals surface area contributed by atoms with Crippen LogP contribution in [0.1, 0.15) is 26.2 Å². The minimum absolute atomic E-state index is 0.709. The average molecular weight is 219 g/mol. The van der Waals surface area contributed by atoms with E-state index in [1.54, 1.807) is 0 Å². The number of hydrogen-bond donors (Lipinski definition) is 1. The second kappa shape index (κ2) is 7.02. The van der Waals surface area contributed by atoms with Crippen LogP contribution in [0.15, 0.2) is 0 Å². The molecule has 0 radical (unpaired) electrons. The van der Waals surface area contributed by atoms with Crippen molar-refractivity contribution in [2.24, 2.45) is 0 Å². The molecule has 0 bridgehead atoms. The Morgan fingerprint density at radius 2 is 2.15 bits per heavy atom. The third-order valence-corrected chi connectivity index (χ3v) is 4.19. The van der Waals surface area contributed by atoms with Gasteiger partial charge in [-0.25, -0.2) is 0 Å². The first-order chi connectivity index (χ1) is 6.33. The third kappa shape index (κ3) is 5.18. The van der Waals surface area contributed by atoms with Crippen LogP contribution in [-0.4, -0.2) is 35.6 Å². The van der Waals surface area contributed by atoms with Crippen molar-refractivity contribution in [2.75, 3.05) is 23.5 Å². The predicted molar refractivity (Wildman–Crippen MR) is 65.9 cm³/mol. The Bertz CT molecular complexity index is 124. The van der Waals surface area contributed by atoms with Gasteiger partial charge in [-0.3, -0.25) is 0 Å². The maximum atomic E-state index is 3.73. The summed E-state index contributed by atoms with van der Waals surface area (Å²) in [7, 11) is 0. The Kier molecular flexibility index (Phi) is 6.33. The maximum absolute atomic E-state index is 3.73. The molecule has 1 aliphatic rings. The van der Waals surface area contributed by atoms with Crippen molar-refractivity contribution in [2.45, 2.75) is 38.3 Å². The summed E-state index contributed by atoms with van der Waals surface area (Å²) < 4.78 is 0. The first-order valence-corrected chi connectivity index (χ1v) is 7.70. The van der Waals surface area contributed by atoms with Gasteiger partial charge in [0.2, 0.25) is 0 Å². The van der Waals surface area contributed by atoms with Gasteiger partial charge >= 0.3 is 0 Å². The van der Waals surface area contributed by atoms with E-state index in [4.69, 9.17) is 0 Å². The molecular formula is C10H21NS2. The SMILES string of the molecule is CSCCC(C)NC1CCSCC1. The number of thioether (sulfide) groups is 2. The molecule has 1 nitrogen and oxygen atoms in total. The quantitative estimate of drug-likeness (QED) is 0.763. The van der Waals surface area contributed by atoms with E-state index in [-0.39, 0.29) is 0 Å². The molecule has 0 aliphatic carbocycles. The summed E-state index contributed by atoms with van der Waals surface area (Å²) in [6.07, 6.45) is 6.23. The zero-order chi connectivity index (χ0) is 9.52. The van der Waals surface area contributed by atoms with Gasteiger partial charge in [-0.15, -0.1) is 0 Å². The number of hydrogen-bond acceptors (Lipinski definition) is 3. The van der Waals surface area contributed by atoms with Gasteiger partial charge in [0.05, 0.1) is 0 Å². The van der Waals surface area contributed by atoms with E-state index < -0.39 is 0 Å². The topological polar surface area (TPSA) is 12.0 Å². The smallest absolute Gasteiger partial charge is 0.00852 e. The predicted octanol–water partition coefficient (Wildman–Crippen LogP) is 2.61. The molecule has 1 atom stereocenters. The van der Waals surface area contributed by atoms with E-state index in [1.165, 1.54) is 36.5 Å². The fourth-order valence-electron chi connectivity index (χ4n) is 1.64. The molecule has 1 heterocycles. The Morgan fingerprint density at radius 3 is 2.77 bits per heavy atom. The molecule has 1 aliphatic heterocycles. The summed E-state index contributed by atoms with van der Waals surface area (Å²) in [5.74, 6) is 4.00. The Hall–Kier alpha value is 0.660. The van der Waals surface area contributed by atoms with Crippen LogP contribution in [0.2, 0.25) is 0 Å². The summed E-state index contributed by atoms with van der Waals surface area (Å²) in [5, 5.41) is 3.73. The molecule has 0 aromatic rings. The van der Waals surface area contributed by atoms with Gasteiger partial charge in [0.1, 0.15) is 0 Å². The molecule has 0 amide bonds. The van der Waals surface area contributed by atoms with Crippen LogP contribution < -0.4 is 5.32 Å². The molecule has 0 saturated carbocycles. The highest BCUT2D eigenvalue weighted by atomic mass is 32.2. The second-order valence-corrected chi connectivity index (χ2v) is 5.95. The van der Waals surface area contributed by atoms with Crippen molar-refractivity contribution in [1.29, 1.82) is 0 Å². The van der Waals surface area contributed by atoms with Crippen LogP contribution in [0.25, 0.3) is 0 Å². The van der Waals surface area contributed by atoms with Gasteiger partial charge in [-0.2, -0.15) is 23.5 Å². The Morgan fingerprint density at radius 1 is 1.46 bits per heavy atom. The van der Waals surface area contributed by atoms with Gasteiger partial charge in [0.25, 0.3) is 0 Å². The molecule has 1 fully saturated rings. The first-order valence-electron chi connectivity index (χ1n) is 5.15. The molecule has 1 saturated heterocycles. The average Bonchev–Trinajstić information content (AvgIpc) is 2.16. The highest BCUT2D eigenvalue weighted by Gasteiger charge is 2.14. The summed E-state index contributed by atoms with van der Waals surface area (Å²) in [4.78, 5) is 0. The summed E-state index contributed by atoms with van der Waals surface area (Å²) >= 11 is 4.05. The highest BCUT2D eigenvalue weighted by Crippen LogP contribution is 2.17. The van der Waals surface area contributed by atoms with Crippen LogP contribution >= 0.6 is 23.5 Å². The summed E-state index contributed by atoms with van der Waals surface area (Å²) in [5.41, 5.74) is 0. The number of rotatable bonds is 5. The van der Waals surface area contributed by atoms with E-state index in [0.29, 0.717) is 6.04 Å². The van der Waals surface area contributed by atoms with Gasteiger partial charge in [-0.1, -0.05) is 0 Å². The van der Waals surface area contributed by atoms with Gasteiger partial charge in [-0.05, 0) is 49.7 Å². The molecule has 0 aromatic heterocycles. The fraction of sp³-hybridized carbons (Fsp3) is 1.00. The molecule has 0 aromatic carbocycles. The summed E-state index contributed by atoms with van der Waals surface area (Å²) in [6.45, 7) is 2.32. The van der Waals surface area contributed by atoms with E-state index in [1.807, 2.05) is 11.8 Å². The second-order valence-electron chi connectivity index (χ2n) is 3.74. The molecular weight excluding hydrogens is 198 g/mol. The van der Waals surface area contributed by atoms with Crippen LogP contribution in [0.4, 0.5) is 0 Å². The third-order valence-electron chi connectivity index (χ3n) is 2.50. The monoisotopic (exact) mass is 219 g/mol. The lowest BCUT2D eigenvalue weighted by Crippen LogP contribution is -2.39. The Balaban J connectivity index is 2.07. The van der Waals surface area contributed by atoms with Crippen molar-refractivity contribution < 1.29 is 0 Å². The fourth-order valence-corrected chi connectivity index (χ4v) is 3.34. The van der Waals surface area contributed by atoms with Crippen molar-refractivity contribution >= 4 is 23.5 Å². The van der Waals surface area contributed by atoms with E-state index in [0.717, 1.165) is 6.04 Å². The minimum Gasteiger partial charge on any atom is -0.311 e. The molecule has 0 spiro atoms. The van der Waals surface area contributed by atoms with Crippen LogP contribution in [0.3, 0.4) is 0 Å². The van der Waals surface area contributed by atoms with Crippen molar-refractivity contribution in [3.63, 3.8) is 0 Å². The molecule has 78 valence electrons. The molecule has 3 heteroatoms. The maximum Gasteiger partial charge on any atom is 0.00852 e. The van der Waals surface area contributed by atoms with Gasteiger partial charge in [0.15, 0.2) is 0 Å². The standard InChI is InChI=1S/C10H21NS2/c1-9(3-6-12-2)11-10-4-7-13-8-5-10/h9-11H,3-8H2,1-2H3. The van der Waals surface area contributed by atoms with Crippen molar-refractivity contribution in [3.8, 4) is 0 Å². The van der Waals surface area contributed by atoms with E-state index in [9.17, 15) is 0 Å². The van der Waals surface area contributed by atoms with E-state index in [2.05, 4.69) is 30.3 Å². The molecule has 1 N–H and O–H groups in total. The van der Waals surface area contributed by atoms with Gasteiger partial charge < -0.3 is 5.32 Å². The zero-order valence-electron chi connectivity index (χ0n) is 8.71. The minimum atomic E-state index is 0.709. The van der Waals surface area contributed by atoms with Crippen LogP contribution in [-0.2, 0) is 0 Å². The van der Waals surface area contributed by atoms with Gasteiger partial charge in [0, 0.05) is 12.1 Å². The van der Waals surface area contributed by atoms with Crippen LogP contribution in [0, 0.1) is 0 Å². The van der Waals surface area contributed by atoms with Crippen molar-refractivity contribution in [1.82, 2.24) is 5.32 Å². The highest BCUT2D eigenvalue weighted by molar-refractivity contribution is 7.99. The van der Waals surface area contributed by atoms with Crippen molar-refractivity contribution in [3.05, 3.63) is 0 Å². The zero-order valence-corrected chi connectivity index (χ0v) is 10.3. The Labute approximate surface area is 90.8 Å². The lowest BCUT2D eigenvalue weighted by molar-refractivity contribution is 0.417. The largest absolute Gasteiger partial charge is 0.311 e. The van der Waals surface area contributed by atoms with Crippen LogP contribution in [0.5, 0.6) is 0 Å². The lowest BCUT2D eigenvalue weighted by Gasteiger charge is -2.26. The lowest BCUT2D eigenvalue weighted by atomic mass is 10.1. The molecule has 1 unspecified atom stereocenters.